The Morgan fingerprint density at radius 3 is 2.78 bits per heavy atom. The Labute approximate surface area is 137 Å². The van der Waals surface area contributed by atoms with Crippen molar-refractivity contribution in [1.29, 1.82) is 0 Å². The Hall–Kier alpha value is -1.43. The molecule has 0 radical (unpaired) electrons. The van der Waals surface area contributed by atoms with Crippen molar-refractivity contribution >= 4 is 5.91 Å². The maximum atomic E-state index is 12.5. The SMILES string of the molecule is CN(CC1CC1)CC1CN(C(=O)[C@@H](O)c2ccccc2)CCO1. The second-order valence-corrected chi connectivity index (χ2v) is 6.75. The highest BCUT2D eigenvalue weighted by Gasteiger charge is 2.30. The van der Waals surface area contributed by atoms with Crippen LogP contribution in [-0.2, 0) is 9.53 Å². The maximum absolute atomic E-state index is 12.5. The minimum atomic E-state index is -1.08. The van der Waals surface area contributed by atoms with Crippen LogP contribution >= 0.6 is 0 Å². The van der Waals surface area contributed by atoms with Gasteiger partial charge in [0.15, 0.2) is 6.10 Å². The van der Waals surface area contributed by atoms with Gasteiger partial charge in [-0.2, -0.15) is 0 Å². The minimum absolute atomic E-state index is 0.0272. The maximum Gasteiger partial charge on any atom is 0.256 e. The number of aliphatic hydroxyl groups is 1. The summed E-state index contributed by atoms with van der Waals surface area (Å²) in [5.74, 6) is 0.621. The second-order valence-electron chi connectivity index (χ2n) is 6.75. The summed E-state index contributed by atoms with van der Waals surface area (Å²) in [5.41, 5.74) is 0.645. The number of carbonyl (C=O) groups is 1. The van der Waals surface area contributed by atoms with E-state index in [9.17, 15) is 9.90 Å². The molecule has 1 N–H and O–H groups in total. The first kappa shape index (κ1) is 16.4. The van der Waals surface area contributed by atoms with Crippen LogP contribution in [0.2, 0.25) is 0 Å². The second kappa shape index (κ2) is 7.43. The van der Waals surface area contributed by atoms with E-state index in [0.29, 0.717) is 25.3 Å². The average molecular weight is 318 g/mol. The van der Waals surface area contributed by atoms with Gasteiger partial charge < -0.3 is 19.6 Å². The van der Waals surface area contributed by atoms with Gasteiger partial charge in [0.25, 0.3) is 5.91 Å². The number of benzene rings is 1. The number of nitrogens with zero attached hydrogens (tertiary/aromatic N) is 2. The molecule has 23 heavy (non-hydrogen) atoms. The van der Waals surface area contributed by atoms with Gasteiger partial charge in [-0.25, -0.2) is 0 Å². The third kappa shape index (κ3) is 4.53. The lowest BCUT2D eigenvalue weighted by Crippen LogP contribution is -2.50. The molecule has 2 fully saturated rings. The van der Waals surface area contributed by atoms with Gasteiger partial charge >= 0.3 is 0 Å². The molecular weight excluding hydrogens is 292 g/mol. The molecule has 126 valence electrons. The zero-order chi connectivity index (χ0) is 16.2. The van der Waals surface area contributed by atoms with Crippen molar-refractivity contribution in [3.8, 4) is 0 Å². The molecule has 1 aliphatic heterocycles. The fourth-order valence-electron chi connectivity index (χ4n) is 3.14. The van der Waals surface area contributed by atoms with Crippen molar-refractivity contribution in [2.75, 3.05) is 39.8 Å². The molecule has 1 saturated heterocycles. The Morgan fingerprint density at radius 2 is 2.09 bits per heavy atom. The molecular formula is C18H26N2O3. The smallest absolute Gasteiger partial charge is 0.256 e. The van der Waals surface area contributed by atoms with Crippen molar-refractivity contribution in [2.24, 2.45) is 5.92 Å². The summed E-state index contributed by atoms with van der Waals surface area (Å²) in [5, 5.41) is 10.3. The van der Waals surface area contributed by atoms with E-state index in [2.05, 4.69) is 11.9 Å². The molecule has 2 aliphatic rings. The fourth-order valence-corrected chi connectivity index (χ4v) is 3.14. The lowest BCUT2D eigenvalue weighted by molar-refractivity contribution is -0.148. The molecule has 1 unspecified atom stereocenters. The quantitative estimate of drug-likeness (QED) is 0.859. The van der Waals surface area contributed by atoms with Crippen LogP contribution in [-0.4, -0.2) is 66.8 Å². The van der Waals surface area contributed by atoms with Gasteiger partial charge in [-0.1, -0.05) is 30.3 Å². The molecule has 2 atom stereocenters. The van der Waals surface area contributed by atoms with E-state index in [4.69, 9.17) is 4.74 Å². The van der Waals surface area contributed by atoms with Gasteiger partial charge in [-0.05, 0) is 31.4 Å². The van der Waals surface area contributed by atoms with Gasteiger partial charge in [0.05, 0.1) is 12.7 Å². The van der Waals surface area contributed by atoms with Crippen LogP contribution in [0.3, 0.4) is 0 Å². The van der Waals surface area contributed by atoms with E-state index in [0.717, 1.165) is 19.0 Å². The number of morpholine rings is 1. The normalized spacial score (nSPS) is 23.1. The molecule has 0 spiro atoms. The average Bonchev–Trinajstić information content (AvgIpc) is 3.38. The zero-order valence-corrected chi connectivity index (χ0v) is 13.7. The summed E-state index contributed by atoms with van der Waals surface area (Å²) >= 11 is 0. The topological polar surface area (TPSA) is 53.0 Å². The number of rotatable bonds is 6. The molecule has 3 rings (SSSR count). The van der Waals surface area contributed by atoms with E-state index < -0.39 is 6.10 Å². The van der Waals surface area contributed by atoms with E-state index in [1.807, 2.05) is 18.2 Å². The van der Waals surface area contributed by atoms with Crippen molar-refractivity contribution in [2.45, 2.75) is 25.0 Å². The summed E-state index contributed by atoms with van der Waals surface area (Å²) < 4.78 is 5.80. The molecule has 1 aliphatic carbocycles. The van der Waals surface area contributed by atoms with Gasteiger partial charge in [-0.15, -0.1) is 0 Å². The number of hydrogen-bond acceptors (Lipinski definition) is 4. The van der Waals surface area contributed by atoms with Crippen LogP contribution in [0.5, 0.6) is 0 Å². The first-order chi connectivity index (χ1) is 11.1. The molecule has 1 aromatic carbocycles. The Bertz CT molecular complexity index is 518. The molecule has 1 amide bonds. The first-order valence-electron chi connectivity index (χ1n) is 8.45. The van der Waals surface area contributed by atoms with Gasteiger partial charge in [0.1, 0.15) is 0 Å². The molecule has 1 heterocycles. The van der Waals surface area contributed by atoms with Crippen molar-refractivity contribution in [3.05, 3.63) is 35.9 Å². The Morgan fingerprint density at radius 1 is 1.35 bits per heavy atom. The summed E-state index contributed by atoms with van der Waals surface area (Å²) in [6.07, 6.45) is 1.62. The number of carbonyl (C=O) groups excluding carboxylic acids is 1. The lowest BCUT2D eigenvalue weighted by Gasteiger charge is -2.35. The van der Waals surface area contributed by atoms with Crippen molar-refractivity contribution in [3.63, 3.8) is 0 Å². The van der Waals surface area contributed by atoms with Crippen LogP contribution in [0, 0.1) is 5.92 Å². The Balaban J connectivity index is 1.53. The molecule has 0 bridgehead atoms. The monoisotopic (exact) mass is 318 g/mol. The molecule has 0 aromatic heterocycles. The number of aliphatic hydroxyl groups excluding tert-OH is 1. The van der Waals surface area contributed by atoms with Crippen LogP contribution in [0.1, 0.15) is 24.5 Å². The largest absolute Gasteiger partial charge is 0.378 e. The minimum Gasteiger partial charge on any atom is -0.378 e. The highest BCUT2D eigenvalue weighted by molar-refractivity contribution is 5.82. The van der Waals surface area contributed by atoms with Crippen LogP contribution in [0.25, 0.3) is 0 Å². The molecule has 1 aromatic rings. The zero-order valence-electron chi connectivity index (χ0n) is 13.7. The standard InChI is InChI=1S/C18H26N2O3/c1-19(11-14-7-8-14)12-16-13-20(9-10-23-16)18(22)17(21)15-5-3-2-4-6-15/h2-6,14,16-17,21H,7-13H2,1H3/t16?,17-/m0/s1. The van der Waals surface area contributed by atoms with E-state index in [1.165, 1.54) is 12.8 Å². The third-order valence-corrected chi connectivity index (χ3v) is 4.58. The van der Waals surface area contributed by atoms with Crippen molar-refractivity contribution in [1.82, 2.24) is 9.80 Å². The van der Waals surface area contributed by atoms with E-state index in [1.54, 1.807) is 17.0 Å². The summed E-state index contributed by atoms with van der Waals surface area (Å²) in [4.78, 5) is 16.6. The van der Waals surface area contributed by atoms with E-state index >= 15 is 0 Å². The number of hydrogen-bond donors (Lipinski definition) is 1. The predicted molar refractivity (Wildman–Crippen MR) is 87.9 cm³/mol. The van der Waals surface area contributed by atoms with Gasteiger partial charge in [0, 0.05) is 26.2 Å². The lowest BCUT2D eigenvalue weighted by atomic mass is 10.1. The van der Waals surface area contributed by atoms with Gasteiger partial charge in [0.2, 0.25) is 0 Å². The molecule has 5 nitrogen and oxygen atoms in total. The summed E-state index contributed by atoms with van der Waals surface area (Å²) in [6.45, 7) is 3.58. The molecule has 5 heteroatoms. The number of likely N-dealkylation sites (N-methyl/N-ethyl adjacent to an activating group) is 1. The first-order valence-corrected chi connectivity index (χ1v) is 8.45. The van der Waals surface area contributed by atoms with Crippen LogP contribution < -0.4 is 0 Å². The van der Waals surface area contributed by atoms with Crippen LogP contribution in [0.4, 0.5) is 0 Å². The van der Waals surface area contributed by atoms with Crippen LogP contribution in [0.15, 0.2) is 30.3 Å². The third-order valence-electron chi connectivity index (χ3n) is 4.58. The highest BCUT2D eigenvalue weighted by atomic mass is 16.5. The molecule has 1 saturated carbocycles. The summed E-state index contributed by atoms with van der Waals surface area (Å²) in [7, 11) is 2.11. The highest BCUT2D eigenvalue weighted by Crippen LogP contribution is 2.29. The number of ether oxygens (including phenoxy) is 1. The summed E-state index contributed by atoms with van der Waals surface area (Å²) in [6, 6.07) is 9.11. The van der Waals surface area contributed by atoms with Crippen molar-refractivity contribution < 1.29 is 14.6 Å². The Kier molecular flexibility index (Phi) is 5.30. The predicted octanol–water partition coefficient (Wildman–Crippen LogP) is 1.29. The fraction of sp³-hybridized carbons (Fsp3) is 0.611. The van der Waals surface area contributed by atoms with E-state index in [-0.39, 0.29) is 12.0 Å². The van der Waals surface area contributed by atoms with Gasteiger partial charge in [-0.3, -0.25) is 4.79 Å². The number of amides is 1.